The van der Waals surface area contributed by atoms with E-state index in [-0.39, 0.29) is 12.6 Å². The maximum absolute atomic E-state index is 12.2. The van der Waals surface area contributed by atoms with Crippen LogP contribution in [0.4, 0.5) is 0 Å². The molecule has 1 aliphatic rings. The molecule has 0 fully saturated rings. The molecule has 0 spiro atoms. The Bertz CT molecular complexity index is 502. The van der Waals surface area contributed by atoms with E-state index < -0.39 is 5.92 Å². The van der Waals surface area contributed by atoms with E-state index in [1.807, 2.05) is 13.8 Å². The van der Waals surface area contributed by atoms with Crippen LogP contribution in [0.5, 0.6) is 11.5 Å². The van der Waals surface area contributed by atoms with Gasteiger partial charge in [0.1, 0.15) is 5.92 Å². The third-order valence-corrected chi connectivity index (χ3v) is 2.84. The van der Waals surface area contributed by atoms with E-state index in [4.69, 9.17) is 14.7 Å². The molecule has 2 rings (SSSR count). The lowest BCUT2D eigenvalue weighted by atomic mass is 9.91. The van der Waals surface area contributed by atoms with Crippen molar-refractivity contribution in [1.29, 1.82) is 5.26 Å². The van der Waals surface area contributed by atoms with Crippen molar-refractivity contribution in [3.05, 3.63) is 23.8 Å². The molecule has 0 aromatic heterocycles. The summed E-state index contributed by atoms with van der Waals surface area (Å²) in [6, 6.07) is 7.11. The molecule has 1 aliphatic heterocycles. The fourth-order valence-corrected chi connectivity index (χ4v) is 1.94. The molecule has 1 atom stereocenters. The Kier molecular flexibility index (Phi) is 3.52. The fourth-order valence-electron chi connectivity index (χ4n) is 1.94. The van der Waals surface area contributed by atoms with Crippen LogP contribution in [0.2, 0.25) is 0 Å². The van der Waals surface area contributed by atoms with Crippen molar-refractivity contribution in [3.63, 3.8) is 0 Å². The van der Waals surface area contributed by atoms with Gasteiger partial charge in [0.2, 0.25) is 6.79 Å². The summed E-state index contributed by atoms with van der Waals surface area (Å²) in [7, 11) is 0. The van der Waals surface area contributed by atoms with Gasteiger partial charge in [-0.2, -0.15) is 5.26 Å². The van der Waals surface area contributed by atoms with Gasteiger partial charge in [-0.05, 0) is 30.5 Å². The first-order chi connectivity index (χ1) is 8.61. The number of carbonyl (C=O) groups excluding carboxylic acids is 1. The maximum Gasteiger partial charge on any atom is 0.231 e. The van der Waals surface area contributed by atoms with Gasteiger partial charge in [0, 0.05) is 5.56 Å². The highest BCUT2D eigenvalue weighted by atomic mass is 16.7. The molecule has 0 bridgehead atoms. The largest absolute Gasteiger partial charge is 0.454 e. The maximum atomic E-state index is 12.2. The van der Waals surface area contributed by atoms with E-state index in [1.54, 1.807) is 18.2 Å². The summed E-state index contributed by atoms with van der Waals surface area (Å²) in [4.78, 5) is 12.2. The second-order valence-electron chi connectivity index (χ2n) is 4.74. The Morgan fingerprint density at radius 1 is 1.39 bits per heavy atom. The average molecular weight is 245 g/mol. The second-order valence-corrected chi connectivity index (χ2v) is 4.74. The van der Waals surface area contributed by atoms with Gasteiger partial charge in [-0.15, -0.1) is 0 Å². The van der Waals surface area contributed by atoms with E-state index in [2.05, 4.69) is 6.07 Å². The van der Waals surface area contributed by atoms with Gasteiger partial charge in [-0.3, -0.25) is 4.79 Å². The van der Waals surface area contributed by atoms with Gasteiger partial charge < -0.3 is 9.47 Å². The zero-order valence-corrected chi connectivity index (χ0v) is 10.5. The van der Waals surface area contributed by atoms with Crippen molar-refractivity contribution in [2.75, 3.05) is 6.79 Å². The number of nitrogens with zero attached hydrogens (tertiary/aromatic N) is 1. The lowest BCUT2D eigenvalue weighted by Crippen LogP contribution is -2.15. The molecule has 18 heavy (non-hydrogen) atoms. The first kappa shape index (κ1) is 12.4. The van der Waals surface area contributed by atoms with Crippen LogP contribution in [0.1, 0.15) is 30.6 Å². The zero-order chi connectivity index (χ0) is 13.1. The summed E-state index contributed by atoms with van der Waals surface area (Å²) >= 11 is 0. The van der Waals surface area contributed by atoms with Gasteiger partial charge >= 0.3 is 0 Å². The Labute approximate surface area is 106 Å². The standard InChI is InChI=1S/C14H15NO3/c1-9(2)5-11(7-15)14(16)10-3-4-12-13(6-10)18-8-17-12/h3-4,6,9,11H,5,8H2,1-2H3. The number of hydrogen-bond acceptors (Lipinski definition) is 4. The molecule has 1 unspecified atom stereocenters. The van der Waals surface area contributed by atoms with Gasteiger partial charge in [0.15, 0.2) is 17.3 Å². The second kappa shape index (κ2) is 5.09. The van der Waals surface area contributed by atoms with Crippen LogP contribution in [-0.4, -0.2) is 12.6 Å². The topological polar surface area (TPSA) is 59.3 Å². The first-order valence-electron chi connectivity index (χ1n) is 5.95. The quantitative estimate of drug-likeness (QED) is 0.765. The fraction of sp³-hybridized carbons (Fsp3) is 0.429. The number of carbonyl (C=O) groups is 1. The van der Waals surface area contributed by atoms with Gasteiger partial charge in [0.05, 0.1) is 6.07 Å². The Morgan fingerprint density at radius 3 is 2.78 bits per heavy atom. The monoisotopic (exact) mass is 245 g/mol. The van der Waals surface area contributed by atoms with Crippen LogP contribution >= 0.6 is 0 Å². The number of nitriles is 1. The number of Topliss-reactive ketones (excluding diaryl/α,β-unsaturated/α-hetero) is 1. The van der Waals surface area contributed by atoms with E-state index >= 15 is 0 Å². The minimum atomic E-state index is -0.592. The molecule has 4 nitrogen and oxygen atoms in total. The Hall–Kier alpha value is -2.02. The molecule has 94 valence electrons. The molecule has 0 radical (unpaired) electrons. The Balaban J connectivity index is 2.20. The van der Waals surface area contributed by atoms with Crippen molar-refractivity contribution < 1.29 is 14.3 Å². The molecule has 0 saturated heterocycles. The minimum absolute atomic E-state index is 0.149. The van der Waals surface area contributed by atoms with Crippen molar-refractivity contribution in [2.45, 2.75) is 20.3 Å². The van der Waals surface area contributed by atoms with E-state index in [9.17, 15) is 4.79 Å². The van der Waals surface area contributed by atoms with Crippen LogP contribution in [0.3, 0.4) is 0 Å². The van der Waals surface area contributed by atoms with Gasteiger partial charge in [-0.25, -0.2) is 0 Å². The average Bonchev–Trinajstić information content (AvgIpc) is 2.81. The highest BCUT2D eigenvalue weighted by molar-refractivity contribution is 5.99. The van der Waals surface area contributed by atoms with E-state index in [0.29, 0.717) is 29.4 Å². The van der Waals surface area contributed by atoms with Crippen molar-refractivity contribution in [2.24, 2.45) is 11.8 Å². The molecule has 1 heterocycles. The van der Waals surface area contributed by atoms with Crippen LogP contribution < -0.4 is 9.47 Å². The third kappa shape index (κ3) is 2.45. The van der Waals surface area contributed by atoms with Crippen LogP contribution in [0.15, 0.2) is 18.2 Å². The third-order valence-electron chi connectivity index (χ3n) is 2.84. The molecule has 0 N–H and O–H groups in total. The first-order valence-corrected chi connectivity index (χ1v) is 5.95. The number of ketones is 1. The molecule has 0 amide bonds. The van der Waals surface area contributed by atoms with Gasteiger partial charge in [0.25, 0.3) is 0 Å². The predicted octanol–water partition coefficient (Wildman–Crippen LogP) is 2.78. The number of rotatable bonds is 4. The molecule has 0 aliphatic carbocycles. The zero-order valence-electron chi connectivity index (χ0n) is 10.5. The highest BCUT2D eigenvalue weighted by Gasteiger charge is 2.23. The number of benzene rings is 1. The lowest BCUT2D eigenvalue weighted by Gasteiger charge is -2.10. The number of fused-ring (bicyclic) bond motifs is 1. The van der Waals surface area contributed by atoms with Crippen LogP contribution in [-0.2, 0) is 0 Å². The number of hydrogen-bond donors (Lipinski definition) is 0. The minimum Gasteiger partial charge on any atom is -0.454 e. The Morgan fingerprint density at radius 2 is 2.11 bits per heavy atom. The summed E-state index contributed by atoms with van der Waals surface area (Å²) in [5, 5.41) is 9.07. The van der Waals surface area contributed by atoms with Gasteiger partial charge in [-0.1, -0.05) is 13.8 Å². The predicted molar refractivity (Wildman–Crippen MR) is 65.5 cm³/mol. The lowest BCUT2D eigenvalue weighted by molar-refractivity contribution is 0.0936. The molecule has 4 heteroatoms. The smallest absolute Gasteiger partial charge is 0.231 e. The molecule has 1 aromatic rings. The molecule has 0 saturated carbocycles. The molecular formula is C14H15NO3. The van der Waals surface area contributed by atoms with E-state index in [0.717, 1.165) is 0 Å². The molecular weight excluding hydrogens is 230 g/mol. The van der Waals surface area contributed by atoms with Crippen LogP contribution in [0, 0.1) is 23.2 Å². The number of ether oxygens (including phenoxy) is 2. The van der Waals surface area contributed by atoms with Crippen molar-refractivity contribution in [3.8, 4) is 17.6 Å². The SMILES string of the molecule is CC(C)CC(C#N)C(=O)c1ccc2c(c1)OCO2. The summed E-state index contributed by atoms with van der Waals surface area (Å²) < 4.78 is 10.4. The summed E-state index contributed by atoms with van der Waals surface area (Å²) in [6.07, 6.45) is 0.573. The summed E-state index contributed by atoms with van der Waals surface area (Å²) in [6.45, 7) is 4.18. The molecule has 1 aromatic carbocycles. The van der Waals surface area contributed by atoms with Crippen molar-refractivity contribution >= 4 is 5.78 Å². The summed E-state index contributed by atoms with van der Waals surface area (Å²) in [5.41, 5.74) is 0.506. The van der Waals surface area contributed by atoms with E-state index in [1.165, 1.54) is 0 Å². The van der Waals surface area contributed by atoms with Crippen LogP contribution in [0.25, 0.3) is 0 Å². The van der Waals surface area contributed by atoms with Crippen molar-refractivity contribution in [1.82, 2.24) is 0 Å². The summed E-state index contributed by atoms with van der Waals surface area (Å²) in [5.74, 6) is 0.786. The highest BCUT2D eigenvalue weighted by Crippen LogP contribution is 2.33. The normalized spacial score (nSPS) is 14.3.